The van der Waals surface area contributed by atoms with Crippen molar-refractivity contribution >= 4 is 40.3 Å². The minimum Gasteiger partial charge on any atom is -0.345 e. The molecule has 0 saturated carbocycles. The number of rotatable bonds is 5. The highest BCUT2D eigenvalue weighted by atomic mass is 32.1. The number of carbonyl (C=O) groups is 2. The van der Waals surface area contributed by atoms with Crippen LogP contribution in [-0.2, 0) is 6.42 Å². The Morgan fingerprint density at radius 3 is 2.68 bits per heavy atom. The van der Waals surface area contributed by atoms with Crippen LogP contribution in [0.25, 0.3) is 10.4 Å². The highest BCUT2D eigenvalue weighted by Crippen LogP contribution is 2.42. The number of halogens is 1. The molecule has 2 aliphatic heterocycles. The Labute approximate surface area is 257 Å². The van der Waals surface area contributed by atoms with E-state index in [1.807, 2.05) is 42.5 Å². The third-order valence-corrected chi connectivity index (χ3v) is 9.32. The number of carbonyl (C=O) groups excluding carboxylic acids is 2. The number of anilines is 3. The molecular formula is C33H29FN6O3S. The Morgan fingerprint density at radius 2 is 1.86 bits per heavy atom. The van der Waals surface area contributed by atoms with Gasteiger partial charge in [0.25, 0.3) is 11.8 Å². The van der Waals surface area contributed by atoms with Crippen molar-refractivity contribution in [2.45, 2.75) is 39.2 Å². The lowest BCUT2D eigenvalue weighted by molar-refractivity contribution is 0.0981. The molecule has 2 amide bonds. The van der Waals surface area contributed by atoms with Crippen molar-refractivity contribution in [3.8, 4) is 10.4 Å². The summed E-state index contributed by atoms with van der Waals surface area (Å²) in [4.78, 5) is 41.8. The molecule has 2 aliphatic rings. The van der Waals surface area contributed by atoms with E-state index in [-0.39, 0.29) is 23.5 Å². The van der Waals surface area contributed by atoms with Crippen molar-refractivity contribution in [2.75, 3.05) is 28.2 Å². The van der Waals surface area contributed by atoms with Crippen LogP contribution < -0.4 is 15.1 Å². The van der Waals surface area contributed by atoms with Gasteiger partial charge in [0.05, 0.1) is 16.3 Å². The molecule has 44 heavy (non-hydrogen) atoms. The quantitative estimate of drug-likeness (QED) is 0.236. The fraction of sp³-hybridized carbons (Fsp3) is 0.242. The monoisotopic (exact) mass is 608 g/mol. The minimum absolute atomic E-state index is 0.0855. The summed E-state index contributed by atoms with van der Waals surface area (Å²) < 4.78 is 19.9. The molecule has 7 rings (SSSR count). The molecule has 1 saturated heterocycles. The van der Waals surface area contributed by atoms with Crippen LogP contribution in [0.4, 0.5) is 21.6 Å². The van der Waals surface area contributed by atoms with Gasteiger partial charge in [-0.2, -0.15) is 4.98 Å². The number of thiophene rings is 1. The fourth-order valence-corrected chi connectivity index (χ4v) is 7.11. The molecule has 5 aromatic rings. The normalized spacial score (nSPS) is 15.9. The van der Waals surface area contributed by atoms with E-state index in [0.29, 0.717) is 46.6 Å². The van der Waals surface area contributed by atoms with Crippen LogP contribution >= 0.6 is 11.3 Å². The van der Waals surface area contributed by atoms with Crippen LogP contribution in [0.1, 0.15) is 61.9 Å². The van der Waals surface area contributed by atoms with Gasteiger partial charge in [-0.05, 0) is 74.6 Å². The second-order valence-electron chi connectivity index (χ2n) is 11.0. The largest absolute Gasteiger partial charge is 0.345 e. The molecule has 9 nitrogen and oxygen atoms in total. The second-order valence-corrected chi connectivity index (χ2v) is 12.0. The van der Waals surface area contributed by atoms with Gasteiger partial charge >= 0.3 is 0 Å². The topological polar surface area (TPSA) is 104 Å². The van der Waals surface area contributed by atoms with Gasteiger partial charge in [-0.15, -0.1) is 11.3 Å². The number of benzene rings is 2. The summed E-state index contributed by atoms with van der Waals surface area (Å²) in [5.74, 6) is 0.800. The third-order valence-electron chi connectivity index (χ3n) is 8.11. The number of nitrogens with zero attached hydrogens (tertiary/aromatic N) is 5. The predicted octanol–water partition coefficient (Wildman–Crippen LogP) is 6.75. The second kappa shape index (κ2) is 11.3. The number of para-hydroxylation sites is 2. The van der Waals surface area contributed by atoms with Crippen molar-refractivity contribution < 1.29 is 18.5 Å². The number of aryl methyl sites for hydroxylation is 2. The van der Waals surface area contributed by atoms with Crippen LogP contribution in [0.3, 0.4) is 0 Å². The fourth-order valence-electron chi connectivity index (χ4n) is 5.97. The molecule has 0 radical (unpaired) electrons. The van der Waals surface area contributed by atoms with Crippen LogP contribution in [0.15, 0.2) is 71.3 Å². The lowest BCUT2D eigenvalue weighted by atomic mass is 10.1. The Morgan fingerprint density at radius 1 is 1.02 bits per heavy atom. The number of hydrogen-bond acceptors (Lipinski definition) is 8. The van der Waals surface area contributed by atoms with E-state index in [1.165, 1.54) is 17.4 Å². The number of pyridine rings is 1. The maximum atomic E-state index is 14.4. The zero-order chi connectivity index (χ0) is 30.4. The molecular weight excluding hydrogens is 579 g/mol. The van der Waals surface area contributed by atoms with Crippen molar-refractivity contribution in [3.63, 3.8) is 0 Å². The summed E-state index contributed by atoms with van der Waals surface area (Å²) in [5, 5.41) is 6.69. The number of hydrogen-bond donors (Lipinski definition) is 1. The SMILES string of the molecule is Cc1noc([C@H]2CCCN2c2cccc(C(=O)N3CCc4cc(C(=O)Nc5c(C)cccc5F)sc4-c4ccccc43)n2)n1. The Kier molecular flexibility index (Phi) is 7.17. The van der Waals surface area contributed by atoms with Crippen molar-refractivity contribution in [1.29, 1.82) is 0 Å². The van der Waals surface area contributed by atoms with E-state index < -0.39 is 5.82 Å². The van der Waals surface area contributed by atoms with Gasteiger partial charge in [-0.1, -0.05) is 41.6 Å². The summed E-state index contributed by atoms with van der Waals surface area (Å²) in [6.45, 7) is 4.74. The Bertz CT molecular complexity index is 1880. The van der Waals surface area contributed by atoms with Crippen molar-refractivity contribution in [1.82, 2.24) is 15.1 Å². The summed E-state index contributed by atoms with van der Waals surface area (Å²) >= 11 is 1.34. The average Bonchev–Trinajstić information content (AvgIpc) is 3.78. The number of aromatic nitrogens is 3. The first-order valence-corrected chi connectivity index (χ1v) is 15.3. The van der Waals surface area contributed by atoms with Crippen LogP contribution in [0, 0.1) is 19.7 Å². The molecule has 3 aromatic heterocycles. The first-order chi connectivity index (χ1) is 21.4. The molecule has 5 heterocycles. The standard InChI is InChI=1S/C33H29FN6O3S/c1-19-8-5-10-23(34)29(19)37-31(41)27-18-21-15-17-40(25-12-4-3-9-22(25)30(21)44-27)33(42)24-11-6-14-28(36-24)39-16-7-13-26(39)32-35-20(2)38-43-32/h3-6,8-12,14,18,26H,7,13,15-17H2,1-2H3,(H,37,41)/t26-/m1/s1. The van der Waals surface area contributed by atoms with E-state index in [4.69, 9.17) is 9.51 Å². The number of nitrogens with one attached hydrogen (secondary N) is 1. The van der Waals surface area contributed by atoms with Gasteiger partial charge in [0, 0.05) is 23.5 Å². The average molecular weight is 609 g/mol. The highest BCUT2D eigenvalue weighted by molar-refractivity contribution is 7.17. The van der Waals surface area contributed by atoms with Crippen molar-refractivity contribution in [2.24, 2.45) is 0 Å². The minimum atomic E-state index is -0.473. The van der Waals surface area contributed by atoms with Gasteiger partial charge in [-0.25, -0.2) is 9.37 Å². The zero-order valence-electron chi connectivity index (χ0n) is 24.2. The molecule has 1 N–H and O–H groups in total. The molecule has 0 spiro atoms. The number of amides is 2. The number of fused-ring (bicyclic) bond motifs is 3. The maximum Gasteiger partial charge on any atom is 0.276 e. The molecule has 11 heteroatoms. The van der Waals surface area contributed by atoms with Crippen molar-refractivity contribution in [3.05, 3.63) is 106 Å². The first kappa shape index (κ1) is 27.9. The summed E-state index contributed by atoms with van der Waals surface area (Å²) in [7, 11) is 0. The van der Waals surface area contributed by atoms with Gasteiger partial charge in [-0.3, -0.25) is 9.59 Å². The van der Waals surface area contributed by atoms with Gasteiger partial charge in [0.1, 0.15) is 23.4 Å². The van der Waals surface area contributed by atoms with Gasteiger partial charge < -0.3 is 19.6 Å². The lowest BCUT2D eigenvalue weighted by Crippen LogP contribution is -2.33. The molecule has 0 aliphatic carbocycles. The van der Waals surface area contributed by atoms with E-state index in [2.05, 4.69) is 20.4 Å². The molecule has 222 valence electrons. The molecule has 1 fully saturated rings. The molecule has 2 aromatic carbocycles. The summed E-state index contributed by atoms with van der Waals surface area (Å²) in [6.07, 6.45) is 2.36. The lowest BCUT2D eigenvalue weighted by Gasteiger charge is -2.25. The molecule has 1 atom stereocenters. The van der Waals surface area contributed by atoms with Crippen LogP contribution in [0.5, 0.6) is 0 Å². The highest BCUT2D eigenvalue weighted by Gasteiger charge is 2.33. The van der Waals surface area contributed by atoms with E-state index in [1.54, 1.807) is 36.9 Å². The van der Waals surface area contributed by atoms with Gasteiger partial charge in [0.15, 0.2) is 5.82 Å². The summed E-state index contributed by atoms with van der Waals surface area (Å²) in [6, 6.07) is 19.7. The maximum absolute atomic E-state index is 14.4. The van der Waals surface area contributed by atoms with Crippen LogP contribution in [0.2, 0.25) is 0 Å². The van der Waals surface area contributed by atoms with E-state index in [9.17, 15) is 14.0 Å². The smallest absolute Gasteiger partial charge is 0.276 e. The summed E-state index contributed by atoms with van der Waals surface area (Å²) in [5.41, 5.74) is 3.75. The van der Waals surface area contributed by atoms with Crippen LogP contribution in [-0.4, -0.2) is 40.0 Å². The first-order valence-electron chi connectivity index (χ1n) is 14.5. The zero-order valence-corrected chi connectivity index (χ0v) is 25.0. The predicted molar refractivity (Wildman–Crippen MR) is 167 cm³/mol. The van der Waals surface area contributed by atoms with Gasteiger partial charge in [0.2, 0.25) is 5.89 Å². The Hall–Kier alpha value is -4.90. The molecule has 0 unspecified atom stereocenters. The van der Waals surface area contributed by atoms with E-state index >= 15 is 0 Å². The molecule has 0 bridgehead atoms. The Balaban J connectivity index is 1.17. The van der Waals surface area contributed by atoms with E-state index in [0.717, 1.165) is 41.1 Å². The third kappa shape index (κ3) is 5.02.